The zero-order chi connectivity index (χ0) is 14.7. The quantitative estimate of drug-likeness (QED) is 0.754. The van der Waals surface area contributed by atoms with Crippen molar-refractivity contribution in [3.8, 4) is 0 Å². The first-order chi connectivity index (χ1) is 9.56. The highest BCUT2D eigenvalue weighted by Gasteiger charge is 2.40. The SMILES string of the molecule is COC(=O)C1CCCCN1C(=O)N1CCC[C@@H]1C(=O)O. The highest BCUT2D eigenvalue weighted by Crippen LogP contribution is 2.24. The molecule has 1 N–H and O–H groups in total. The van der Waals surface area contributed by atoms with Gasteiger partial charge in [-0.1, -0.05) is 0 Å². The van der Waals surface area contributed by atoms with Crippen LogP contribution < -0.4 is 0 Å². The van der Waals surface area contributed by atoms with Crippen LogP contribution >= 0.6 is 0 Å². The van der Waals surface area contributed by atoms with Crippen LogP contribution in [0.25, 0.3) is 0 Å². The normalized spacial score (nSPS) is 26.4. The van der Waals surface area contributed by atoms with Crippen molar-refractivity contribution in [2.24, 2.45) is 0 Å². The van der Waals surface area contributed by atoms with Gasteiger partial charge in [0.25, 0.3) is 0 Å². The highest BCUT2D eigenvalue weighted by molar-refractivity contribution is 5.87. The third-order valence-corrected chi connectivity index (χ3v) is 4.01. The molecule has 112 valence electrons. The molecule has 2 heterocycles. The lowest BCUT2D eigenvalue weighted by atomic mass is 10.0. The molecule has 0 aromatic rings. The molecule has 7 nitrogen and oxygen atoms in total. The summed E-state index contributed by atoms with van der Waals surface area (Å²) >= 11 is 0. The number of carbonyl (C=O) groups is 3. The molecule has 20 heavy (non-hydrogen) atoms. The third kappa shape index (κ3) is 2.71. The second-order valence-corrected chi connectivity index (χ2v) is 5.20. The van der Waals surface area contributed by atoms with Gasteiger partial charge in [0.2, 0.25) is 0 Å². The van der Waals surface area contributed by atoms with Crippen molar-refractivity contribution < 1.29 is 24.2 Å². The molecule has 2 aliphatic heterocycles. The number of ether oxygens (including phenoxy) is 1. The van der Waals surface area contributed by atoms with Gasteiger partial charge >= 0.3 is 18.0 Å². The fourth-order valence-corrected chi connectivity index (χ4v) is 2.96. The van der Waals surface area contributed by atoms with Crippen LogP contribution in [0.2, 0.25) is 0 Å². The van der Waals surface area contributed by atoms with Gasteiger partial charge in [0.05, 0.1) is 7.11 Å². The summed E-state index contributed by atoms with van der Waals surface area (Å²) < 4.78 is 4.74. The predicted molar refractivity (Wildman–Crippen MR) is 69.1 cm³/mol. The molecule has 0 radical (unpaired) electrons. The molecule has 2 aliphatic rings. The van der Waals surface area contributed by atoms with Crippen LogP contribution in [0.4, 0.5) is 4.79 Å². The first-order valence-corrected chi connectivity index (χ1v) is 6.94. The number of esters is 1. The van der Waals surface area contributed by atoms with E-state index in [4.69, 9.17) is 9.84 Å². The number of methoxy groups -OCH3 is 1. The van der Waals surface area contributed by atoms with Gasteiger partial charge in [-0.15, -0.1) is 0 Å². The maximum Gasteiger partial charge on any atom is 0.328 e. The summed E-state index contributed by atoms with van der Waals surface area (Å²) in [5.74, 6) is -1.41. The number of hydrogen-bond donors (Lipinski definition) is 1. The predicted octanol–water partition coefficient (Wildman–Crippen LogP) is 0.683. The van der Waals surface area contributed by atoms with Gasteiger partial charge in [-0.25, -0.2) is 14.4 Å². The summed E-state index contributed by atoms with van der Waals surface area (Å²) in [5, 5.41) is 9.15. The van der Waals surface area contributed by atoms with E-state index in [1.807, 2.05) is 0 Å². The summed E-state index contributed by atoms with van der Waals surface area (Å²) in [6, 6.07) is -1.72. The van der Waals surface area contributed by atoms with Crippen molar-refractivity contribution >= 4 is 18.0 Å². The minimum Gasteiger partial charge on any atom is -0.480 e. The van der Waals surface area contributed by atoms with Crippen molar-refractivity contribution in [3.05, 3.63) is 0 Å². The molecule has 0 bridgehead atoms. The Labute approximate surface area is 117 Å². The molecule has 2 atom stereocenters. The zero-order valence-electron chi connectivity index (χ0n) is 11.6. The van der Waals surface area contributed by atoms with Crippen molar-refractivity contribution in [2.45, 2.75) is 44.2 Å². The fourth-order valence-electron chi connectivity index (χ4n) is 2.96. The molecule has 0 saturated carbocycles. The molecule has 0 aliphatic carbocycles. The Kier molecular flexibility index (Phi) is 4.46. The number of nitrogens with zero attached hydrogens (tertiary/aromatic N) is 2. The molecule has 1 unspecified atom stereocenters. The second-order valence-electron chi connectivity index (χ2n) is 5.20. The molecule has 2 fully saturated rings. The number of amides is 2. The van der Waals surface area contributed by atoms with E-state index in [1.54, 1.807) is 0 Å². The van der Waals surface area contributed by atoms with Crippen LogP contribution in [-0.2, 0) is 14.3 Å². The number of piperidine rings is 1. The van der Waals surface area contributed by atoms with Gasteiger partial charge in [-0.3, -0.25) is 0 Å². The summed E-state index contributed by atoms with van der Waals surface area (Å²) in [6.45, 7) is 0.904. The van der Waals surface area contributed by atoms with Crippen LogP contribution in [0, 0.1) is 0 Å². The smallest absolute Gasteiger partial charge is 0.328 e. The summed E-state index contributed by atoms with van der Waals surface area (Å²) in [6.07, 6.45) is 3.41. The van der Waals surface area contributed by atoms with E-state index in [1.165, 1.54) is 16.9 Å². The summed E-state index contributed by atoms with van der Waals surface area (Å²) in [7, 11) is 1.30. The van der Waals surface area contributed by atoms with Gasteiger partial charge in [0, 0.05) is 13.1 Å². The monoisotopic (exact) mass is 284 g/mol. The summed E-state index contributed by atoms with van der Waals surface area (Å²) in [4.78, 5) is 38.3. The minimum atomic E-state index is -0.984. The number of rotatable bonds is 2. The number of carboxylic acid groups (broad SMARTS) is 1. The molecule has 0 aromatic heterocycles. The second kappa shape index (κ2) is 6.11. The lowest BCUT2D eigenvalue weighted by Crippen LogP contribution is -2.55. The summed E-state index contributed by atoms with van der Waals surface area (Å²) in [5.41, 5.74) is 0. The molecular weight excluding hydrogens is 264 g/mol. The van der Waals surface area contributed by atoms with E-state index in [0.717, 1.165) is 12.8 Å². The lowest BCUT2D eigenvalue weighted by molar-refractivity contribution is -0.147. The number of aliphatic carboxylic acids is 1. The Bertz CT molecular complexity index is 412. The van der Waals surface area contributed by atoms with Crippen LogP contribution in [0.15, 0.2) is 0 Å². The first-order valence-electron chi connectivity index (χ1n) is 6.94. The van der Waals surface area contributed by atoms with Crippen LogP contribution in [-0.4, -0.2) is 65.2 Å². The van der Waals surface area contributed by atoms with Crippen LogP contribution in [0.5, 0.6) is 0 Å². The largest absolute Gasteiger partial charge is 0.480 e. The van der Waals surface area contributed by atoms with Crippen molar-refractivity contribution in [1.82, 2.24) is 9.80 Å². The molecule has 0 spiro atoms. The molecule has 0 aromatic carbocycles. The van der Waals surface area contributed by atoms with Gasteiger partial charge in [-0.2, -0.15) is 0 Å². The van der Waals surface area contributed by atoms with Crippen molar-refractivity contribution in [1.29, 1.82) is 0 Å². The Morgan fingerprint density at radius 1 is 1.00 bits per heavy atom. The fraction of sp³-hybridized carbons (Fsp3) is 0.769. The molecule has 2 rings (SSSR count). The number of carboxylic acids is 1. The van der Waals surface area contributed by atoms with Crippen LogP contribution in [0.3, 0.4) is 0 Å². The van der Waals surface area contributed by atoms with Crippen molar-refractivity contribution in [3.63, 3.8) is 0 Å². The molecular formula is C13H20N2O5. The first kappa shape index (κ1) is 14.6. The average molecular weight is 284 g/mol. The van der Waals surface area contributed by atoms with Gasteiger partial charge < -0.3 is 19.6 Å². The number of urea groups is 1. The Hall–Kier alpha value is -1.79. The van der Waals surface area contributed by atoms with E-state index < -0.39 is 24.0 Å². The van der Waals surface area contributed by atoms with E-state index in [9.17, 15) is 14.4 Å². The highest BCUT2D eigenvalue weighted by atomic mass is 16.5. The van der Waals surface area contributed by atoms with Gasteiger partial charge in [-0.05, 0) is 32.1 Å². The molecule has 2 saturated heterocycles. The minimum absolute atomic E-state index is 0.356. The standard InChI is InChI=1S/C13H20N2O5/c1-20-12(18)10-5-2-3-7-15(10)13(19)14-8-4-6-9(14)11(16)17/h9-10H,2-8H2,1H3,(H,16,17)/t9-,10?/m1/s1. The maximum absolute atomic E-state index is 12.5. The average Bonchev–Trinajstić information content (AvgIpc) is 2.95. The van der Waals surface area contributed by atoms with E-state index >= 15 is 0 Å². The Morgan fingerprint density at radius 2 is 1.60 bits per heavy atom. The topological polar surface area (TPSA) is 87.2 Å². The van der Waals surface area contributed by atoms with Crippen LogP contribution in [0.1, 0.15) is 32.1 Å². The number of carbonyl (C=O) groups excluding carboxylic acids is 2. The molecule has 7 heteroatoms. The number of hydrogen-bond acceptors (Lipinski definition) is 4. The van der Waals surface area contributed by atoms with Crippen molar-refractivity contribution in [2.75, 3.05) is 20.2 Å². The van der Waals surface area contributed by atoms with E-state index in [-0.39, 0.29) is 6.03 Å². The van der Waals surface area contributed by atoms with E-state index in [0.29, 0.717) is 32.4 Å². The zero-order valence-corrected chi connectivity index (χ0v) is 11.6. The molecule has 2 amide bonds. The lowest BCUT2D eigenvalue weighted by Gasteiger charge is -2.37. The van der Waals surface area contributed by atoms with Gasteiger partial charge in [0.1, 0.15) is 12.1 Å². The Morgan fingerprint density at radius 3 is 2.25 bits per heavy atom. The Balaban J connectivity index is 2.13. The third-order valence-electron chi connectivity index (χ3n) is 4.01. The van der Waals surface area contributed by atoms with Gasteiger partial charge in [0.15, 0.2) is 0 Å². The van der Waals surface area contributed by atoms with E-state index in [2.05, 4.69) is 0 Å². The number of likely N-dealkylation sites (tertiary alicyclic amines) is 2. The maximum atomic E-state index is 12.5.